The average Bonchev–Trinajstić information content (AvgIpc) is 2.32. The van der Waals surface area contributed by atoms with Crippen molar-refractivity contribution in [3.05, 3.63) is 23.8 Å². The molecule has 1 atom stereocenters. The third-order valence-electron chi connectivity index (χ3n) is 2.90. The Kier molecular flexibility index (Phi) is 2.88. The number of hydrogen-bond acceptors (Lipinski definition) is 4. The Morgan fingerprint density at radius 2 is 2.47 bits per heavy atom. The number of likely N-dealkylation sites (N-methyl/N-ethyl adjacent to an activating group) is 1. The van der Waals surface area contributed by atoms with Gasteiger partial charge < -0.3 is 14.7 Å². The third kappa shape index (κ3) is 1.89. The smallest absolute Gasteiger partial charge is 0.339 e. The highest BCUT2D eigenvalue weighted by Gasteiger charge is 2.27. The molecule has 1 heterocycles. The molecular weight excluding hydrogens is 220 g/mol. The van der Waals surface area contributed by atoms with E-state index in [1.54, 1.807) is 12.1 Å². The molecule has 1 aromatic rings. The van der Waals surface area contributed by atoms with Crippen LogP contribution in [0, 0.1) is 11.3 Å². The second-order valence-electron chi connectivity index (χ2n) is 3.90. The van der Waals surface area contributed by atoms with Crippen molar-refractivity contribution in [3.8, 4) is 11.8 Å². The lowest BCUT2D eigenvalue weighted by molar-refractivity contribution is 0.0691. The van der Waals surface area contributed by atoms with E-state index >= 15 is 0 Å². The van der Waals surface area contributed by atoms with Crippen LogP contribution in [-0.2, 0) is 0 Å². The predicted octanol–water partition coefficient (Wildman–Crippen LogP) is 1.50. The van der Waals surface area contributed by atoms with E-state index in [-0.39, 0.29) is 11.6 Å². The summed E-state index contributed by atoms with van der Waals surface area (Å²) in [5, 5.41) is 17.7. The zero-order valence-electron chi connectivity index (χ0n) is 9.38. The van der Waals surface area contributed by atoms with Crippen molar-refractivity contribution in [1.29, 1.82) is 5.26 Å². The molecule has 1 aliphatic heterocycles. The van der Waals surface area contributed by atoms with E-state index < -0.39 is 5.97 Å². The van der Waals surface area contributed by atoms with Gasteiger partial charge in [0.05, 0.1) is 24.2 Å². The Balaban J connectivity index is 2.41. The van der Waals surface area contributed by atoms with E-state index in [9.17, 15) is 4.79 Å². The van der Waals surface area contributed by atoms with Crippen LogP contribution < -0.4 is 9.64 Å². The standard InChI is InChI=1S/C12H12N2O3/c1-14-8(5-6-13)7-17-11-9(12(15)16)3-2-4-10(11)14/h2-4,8H,5,7H2,1H3,(H,15,16). The number of carboxylic acid groups (broad SMARTS) is 1. The van der Waals surface area contributed by atoms with Crippen LogP contribution in [0.25, 0.3) is 0 Å². The lowest BCUT2D eigenvalue weighted by atomic mass is 10.1. The first-order chi connectivity index (χ1) is 8.15. The first-order valence-electron chi connectivity index (χ1n) is 5.24. The summed E-state index contributed by atoms with van der Waals surface area (Å²) in [6.07, 6.45) is 0.354. The number of anilines is 1. The average molecular weight is 232 g/mol. The second-order valence-corrected chi connectivity index (χ2v) is 3.90. The molecule has 0 radical (unpaired) electrons. The molecule has 17 heavy (non-hydrogen) atoms. The number of rotatable bonds is 2. The Labute approximate surface area is 98.8 Å². The molecular formula is C12H12N2O3. The number of para-hydroxylation sites is 1. The van der Waals surface area contributed by atoms with Gasteiger partial charge in [0.25, 0.3) is 0 Å². The SMILES string of the molecule is CN1c2cccc(C(=O)O)c2OCC1CC#N. The van der Waals surface area contributed by atoms with Crippen molar-refractivity contribution in [2.45, 2.75) is 12.5 Å². The molecule has 0 aromatic heterocycles. The summed E-state index contributed by atoms with van der Waals surface area (Å²) in [6, 6.07) is 7.05. The molecule has 0 fully saturated rings. The van der Waals surface area contributed by atoms with E-state index in [0.717, 1.165) is 5.69 Å². The van der Waals surface area contributed by atoms with Crippen molar-refractivity contribution in [3.63, 3.8) is 0 Å². The summed E-state index contributed by atoms with van der Waals surface area (Å²) in [6.45, 7) is 0.335. The van der Waals surface area contributed by atoms with Crippen LogP contribution in [0.5, 0.6) is 5.75 Å². The molecule has 1 N–H and O–H groups in total. The monoisotopic (exact) mass is 232 g/mol. The maximum atomic E-state index is 11.0. The number of nitriles is 1. The maximum absolute atomic E-state index is 11.0. The summed E-state index contributed by atoms with van der Waals surface area (Å²) in [5.41, 5.74) is 0.876. The molecule has 0 amide bonds. The lowest BCUT2D eigenvalue weighted by Gasteiger charge is -2.35. The highest BCUT2D eigenvalue weighted by atomic mass is 16.5. The van der Waals surface area contributed by atoms with Crippen molar-refractivity contribution in [1.82, 2.24) is 0 Å². The van der Waals surface area contributed by atoms with Crippen LogP contribution in [0.4, 0.5) is 5.69 Å². The van der Waals surface area contributed by atoms with E-state index in [0.29, 0.717) is 18.8 Å². The van der Waals surface area contributed by atoms with E-state index in [4.69, 9.17) is 15.1 Å². The predicted molar refractivity (Wildman–Crippen MR) is 61.3 cm³/mol. The van der Waals surface area contributed by atoms with Crippen LogP contribution in [0.2, 0.25) is 0 Å². The number of carbonyl (C=O) groups is 1. The van der Waals surface area contributed by atoms with Crippen LogP contribution in [0.1, 0.15) is 16.8 Å². The number of benzene rings is 1. The van der Waals surface area contributed by atoms with Gasteiger partial charge in [-0.2, -0.15) is 5.26 Å². The highest BCUT2D eigenvalue weighted by Crippen LogP contribution is 2.36. The fourth-order valence-electron chi connectivity index (χ4n) is 1.91. The summed E-state index contributed by atoms with van der Waals surface area (Å²) in [7, 11) is 1.84. The first-order valence-corrected chi connectivity index (χ1v) is 5.24. The van der Waals surface area contributed by atoms with Gasteiger partial charge in [0.15, 0.2) is 5.75 Å². The maximum Gasteiger partial charge on any atom is 0.339 e. The number of ether oxygens (including phenoxy) is 1. The number of carboxylic acids is 1. The topological polar surface area (TPSA) is 73.6 Å². The third-order valence-corrected chi connectivity index (χ3v) is 2.90. The van der Waals surface area contributed by atoms with Crippen molar-refractivity contribution < 1.29 is 14.6 Å². The van der Waals surface area contributed by atoms with E-state index in [1.807, 2.05) is 11.9 Å². The van der Waals surface area contributed by atoms with Crippen molar-refractivity contribution in [2.75, 3.05) is 18.6 Å². The van der Waals surface area contributed by atoms with Gasteiger partial charge in [-0.1, -0.05) is 6.07 Å². The van der Waals surface area contributed by atoms with Crippen LogP contribution in [0.15, 0.2) is 18.2 Å². The minimum atomic E-state index is -1.01. The van der Waals surface area contributed by atoms with Gasteiger partial charge in [0.1, 0.15) is 12.2 Å². The molecule has 2 rings (SSSR count). The van der Waals surface area contributed by atoms with E-state index in [1.165, 1.54) is 6.07 Å². The van der Waals surface area contributed by atoms with Gasteiger partial charge in [-0.3, -0.25) is 0 Å². The molecule has 5 heteroatoms. The minimum absolute atomic E-state index is 0.0310. The summed E-state index contributed by atoms with van der Waals surface area (Å²) in [5.74, 6) is -0.620. The zero-order valence-corrected chi connectivity index (χ0v) is 9.38. The van der Waals surface area contributed by atoms with Gasteiger partial charge in [-0.05, 0) is 12.1 Å². The molecule has 1 aromatic carbocycles. The highest BCUT2D eigenvalue weighted by molar-refractivity contribution is 5.93. The van der Waals surface area contributed by atoms with Gasteiger partial charge in [0.2, 0.25) is 0 Å². The largest absolute Gasteiger partial charge is 0.488 e. The van der Waals surface area contributed by atoms with E-state index in [2.05, 4.69) is 6.07 Å². The van der Waals surface area contributed by atoms with Gasteiger partial charge in [-0.25, -0.2) is 4.79 Å². The van der Waals surface area contributed by atoms with Gasteiger partial charge >= 0.3 is 5.97 Å². The molecule has 5 nitrogen and oxygen atoms in total. The number of hydrogen-bond donors (Lipinski definition) is 1. The van der Waals surface area contributed by atoms with Crippen molar-refractivity contribution in [2.24, 2.45) is 0 Å². The molecule has 0 saturated carbocycles. The molecule has 1 aliphatic rings. The Morgan fingerprint density at radius 3 is 3.12 bits per heavy atom. The number of nitrogens with zero attached hydrogens (tertiary/aromatic N) is 2. The number of aromatic carboxylic acids is 1. The van der Waals surface area contributed by atoms with Crippen LogP contribution in [-0.4, -0.2) is 30.8 Å². The Hall–Kier alpha value is -2.22. The van der Waals surface area contributed by atoms with Gasteiger partial charge in [0, 0.05) is 7.05 Å². The molecule has 0 saturated heterocycles. The molecule has 0 aliphatic carbocycles. The lowest BCUT2D eigenvalue weighted by Crippen LogP contribution is -2.40. The van der Waals surface area contributed by atoms with Crippen LogP contribution >= 0.6 is 0 Å². The number of fused-ring (bicyclic) bond motifs is 1. The quantitative estimate of drug-likeness (QED) is 0.836. The normalized spacial score (nSPS) is 17.9. The molecule has 88 valence electrons. The molecule has 0 spiro atoms. The second kappa shape index (κ2) is 4.34. The minimum Gasteiger partial charge on any atom is -0.488 e. The fraction of sp³-hybridized carbons (Fsp3) is 0.333. The fourth-order valence-corrected chi connectivity index (χ4v) is 1.91. The Morgan fingerprint density at radius 1 is 1.71 bits per heavy atom. The van der Waals surface area contributed by atoms with Crippen LogP contribution in [0.3, 0.4) is 0 Å². The Bertz CT molecular complexity index is 493. The zero-order chi connectivity index (χ0) is 12.4. The first kappa shape index (κ1) is 11.3. The molecule has 1 unspecified atom stereocenters. The summed E-state index contributed by atoms with van der Waals surface area (Å²) in [4.78, 5) is 12.9. The summed E-state index contributed by atoms with van der Waals surface area (Å²) < 4.78 is 5.48. The van der Waals surface area contributed by atoms with Gasteiger partial charge in [-0.15, -0.1) is 0 Å². The van der Waals surface area contributed by atoms with Crippen molar-refractivity contribution >= 4 is 11.7 Å². The summed E-state index contributed by atoms with van der Waals surface area (Å²) >= 11 is 0. The molecule has 0 bridgehead atoms.